The van der Waals surface area contributed by atoms with E-state index in [0.29, 0.717) is 13.0 Å². The number of aliphatic carboxylic acids is 1. The first-order valence-electron chi connectivity index (χ1n) is 5.28. The molecule has 1 amide bonds. The summed E-state index contributed by atoms with van der Waals surface area (Å²) >= 11 is 2.24. The number of rotatable bonds is 7. The molecule has 0 radical (unpaired) electrons. The number of thiazole rings is 1. The molecule has 1 atom stereocenters. The molecular formula is C10H16N3O3S2+. The van der Waals surface area contributed by atoms with E-state index in [1.165, 1.54) is 18.3 Å². The van der Waals surface area contributed by atoms with E-state index >= 15 is 0 Å². The Balaban J connectivity index is 2.56. The van der Waals surface area contributed by atoms with E-state index in [1.807, 2.05) is 6.26 Å². The van der Waals surface area contributed by atoms with Crippen LogP contribution in [0.25, 0.3) is 0 Å². The Morgan fingerprint density at radius 3 is 2.89 bits per heavy atom. The number of amides is 1. The van der Waals surface area contributed by atoms with Gasteiger partial charge in [0.15, 0.2) is 6.04 Å². The molecule has 18 heavy (non-hydrogen) atoms. The third-order valence-corrected chi connectivity index (χ3v) is 3.67. The lowest BCUT2D eigenvalue weighted by atomic mass is 10.2. The minimum absolute atomic E-state index is 0.110. The van der Waals surface area contributed by atoms with E-state index in [2.05, 4.69) is 15.0 Å². The summed E-state index contributed by atoms with van der Waals surface area (Å²) < 4.78 is 2.87. The summed E-state index contributed by atoms with van der Waals surface area (Å²) in [6.07, 6.45) is 3.89. The molecule has 3 N–H and O–H groups in total. The van der Waals surface area contributed by atoms with Crippen molar-refractivity contribution in [1.29, 1.82) is 0 Å². The predicted molar refractivity (Wildman–Crippen MR) is 72.6 cm³/mol. The van der Waals surface area contributed by atoms with Gasteiger partial charge in [-0.1, -0.05) is 0 Å². The number of carboxylic acids is 1. The zero-order chi connectivity index (χ0) is 13.5. The molecule has 0 aliphatic carbocycles. The van der Waals surface area contributed by atoms with E-state index in [1.54, 1.807) is 6.20 Å². The van der Waals surface area contributed by atoms with Crippen LogP contribution in [-0.4, -0.2) is 34.3 Å². The van der Waals surface area contributed by atoms with Crippen molar-refractivity contribution in [2.24, 2.45) is 0 Å². The molecule has 0 aliphatic heterocycles. The second-order valence-corrected chi connectivity index (χ2v) is 5.48. The number of hydrogen-bond donors (Lipinski definition) is 3. The second kappa shape index (κ2) is 7.34. The van der Waals surface area contributed by atoms with Crippen molar-refractivity contribution in [3.63, 3.8) is 0 Å². The highest BCUT2D eigenvalue weighted by Gasteiger charge is 2.21. The molecule has 1 heterocycles. The lowest BCUT2D eigenvalue weighted by molar-refractivity contribution is -0.138. The van der Waals surface area contributed by atoms with E-state index in [4.69, 9.17) is 5.11 Å². The standard InChI is InChI=1S/C10H15N3O3S2/c1-6(14)11-5-9-12-4-7(18-9)3-8(10(15)16)13-17-2/h4,8,13H,3,5H2,1-2H3,(H,11,14)(H,15,16)/p+1. The van der Waals surface area contributed by atoms with Crippen LogP contribution in [0.2, 0.25) is 0 Å². The Hall–Kier alpha value is -1.12. The van der Waals surface area contributed by atoms with Crippen molar-refractivity contribution in [2.75, 3.05) is 6.26 Å². The quantitative estimate of drug-likeness (QED) is 0.475. The molecule has 100 valence electrons. The largest absolute Gasteiger partial charge is 0.480 e. The molecule has 1 aromatic rings. The first kappa shape index (κ1) is 14.9. The van der Waals surface area contributed by atoms with Gasteiger partial charge in [0.2, 0.25) is 5.91 Å². The zero-order valence-corrected chi connectivity index (χ0v) is 11.8. The van der Waals surface area contributed by atoms with Gasteiger partial charge < -0.3 is 10.4 Å². The normalized spacial score (nSPS) is 12.1. The lowest BCUT2D eigenvalue weighted by Crippen LogP contribution is -2.37. The number of carbonyl (C=O) groups is 2. The van der Waals surface area contributed by atoms with Crippen molar-refractivity contribution < 1.29 is 14.7 Å². The van der Waals surface area contributed by atoms with Gasteiger partial charge >= 0.3 is 5.97 Å². The van der Waals surface area contributed by atoms with Crippen LogP contribution in [0.1, 0.15) is 16.8 Å². The van der Waals surface area contributed by atoms with Gasteiger partial charge in [-0.2, -0.15) is 0 Å². The lowest BCUT2D eigenvalue weighted by Gasteiger charge is -2.05. The van der Waals surface area contributed by atoms with Crippen LogP contribution in [0.3, 0.4) is 0 Å². The van der Waals surface area contributed by atoms with Gasteiger partial charge in [-0.05, 0) is 0 Å². The van der Waals surface area contributed by atoms with Gasteiger partial charge in [0.05, 0.1) is 18.5 Å². The minimum atomic E-state index is -0.874. The monoisotopic (exact) mass is 290 g/mol. The smallest absolute Gasteiger partial charge is 0.325 e. The summed E-state index contributed by atoms with van der Waals surface area (Å²) in [5, 5.41) is 12.4. The number of nitrogens with zero attached hydrogens (tertiary/aromatic N) is 1. The average Bonchev–Trinajstić information content (AvgIpc) is 2.73. The van der Waals surface area contributed by atoms with Gasteiger partial charge in [-0.25, -0.2) is 4.98 Å². The number of carbonyl (C=O) groups excluding carboxylic acids is 1. The molecule has 6 nitrogen and oxygen atoms in total. The number of thiol groups is 1. The van der Waals surface area contributed by atoms with E-state index in [9.17, 15) is 9.59 Å². The Morgan fingerprint density at radius 2 is 2.33 bits per heavy atom. The number of aromatic nitrogens is 1. The average molecular weight is 290 g/mol. The molecule has 1 unspecified atom stereocenters. The molecule has 0 fully saturated rings. The van der Waals surface area contributed by atoms with Gasteiger partial charge in [0.25, 0.3) is 0 Å². The molecule has 0 aromatic carbocycles. The van der Waals surface area contributed by atoms with Gasteiger partial charge in [-0.3, -0.25) is 9.59 Å². The van der Waals surface area contributed by atoms with Crippen LogP contribution < -0.4 is 10.0 Å². The Morgan fingerprint density at radius 1 is 1.61 bits per heavy atom. The number of hydrogen-bond acceptors (Lipinski definition) is 5. The van der Waals surface area contributed by atoms with Crippen molar-refractivity contribution >= 4 is 35.2 Å². The number of carboxylic acid groups (broad SMARTS) is 1. The highest BCUT2D eigenvalue weighted by Crippen LogP contribution is 2.15. The first-order chi connectivity index (χ1) is 8.52. The van der Waals surface area contributed by atoms with E-state index in [-0.39, 0.29) is 5.91 Å². The van der Waals surface area contributed by atoms with Gasteiger partial charge in [-0.15, -0.1) is 16.1 Å². The van der Waals surface area contributed by atoms with E-state index < -0.39 is 12.0 Å². The maximum Gasteiger partial charge on any atom is 0.325 e. The third kappa shape index (κ3) is 5.03. The summed E-state index contributed by atoms with van der Waals surface area (Å²) in [6, 6.07) is -0.606. The maximum atomic E-state index is 11.0. The molecule has 0 saturated carbocycles. The second-order valence-electron chi connectivity index (χ2n) is 3.58. The summed E-state index contributed by atoms with van der Waals surface area (Å²) in [7, 11) is 0. The molecule has 0 aliphatic rings. The Kier molecular flexibility index (Phi) is 6.10. The summed E-state index contributed by atoms with van der Waals surface area (Å²) in [6.45, 7) is 1.83. The number of nitrogens with one attached hydrogen (secondary N) is 2. The summed E-state index contributed by atoms with van der Waals surface area (Å²) in [4.78, 5) is 26.8. The van der Waals surface area contributed by atoms with E-state index in [0.717, 1.165) is 21.8 Å². The first-order valence-corrected chi connectivity index (χ1v) is 7.44. The van der Waals surface area contributed by atoms with Crippen LogP contribution in [0.5, 0.6) is 0 Å². The molecule has 1 rings (SSSR count). The van der Waals surface area contributed by atoms with Crippen LogP contribution in [0.4, 0.5) is 0 Å². The van der Waals surface area contributed by atoms with Gasteiger partial charge in [0.1, 0.15) is 11.3 Å². The van der Waals surface area contributed by atoms with Crippen LogP contribution in [0, 0.1) is 0 Å². The summed E-state index contributed by atoms with van der Waals surface area (Å²) in [5.41, 5.74) is 0. The Labute approximate surface area is 113 Å². The summed E-state index contributed by atoms with van der Waals surface area (Å²) in [5.74, 6) is -0.984. The maximum absolute atomic E-state index is 11.0. The fraction of sp³-hybridized carbons (Fsp3) is 0.500. The molecule has 8 heteroatoms. The molecule has 0 bridgehead atoms. The zero-order valence-electron chi connectivity index (χ0n) is 10.1. The molecule has 0 saturated heterocycles. The Bertz CT molecular complexity index is 422. The fourth-order valence-corrected chi connectivity index (χ4v) is 2.69. The van der Waals surface area contributed by atoms with Crippen LogP contribution in [-0.2, 0) is 34.5 Å². The minimum Gasteiger partial charge on any atom is -0.480 e. The molecular weight excluding hydrogens is 274 g/mol. The molecule has 1 aromatic heterocycles. The predicted octanol–water partition coefficient (Wildman–Crippen LogP) is -0.276. The molecule has 0 spiro atoms. The van der Waals surface area contributed by atoms with Crippen LogP contribution in [0.15, 0.2) is 6.20 Å². The highest BCUT2D eigenvalue weighted by atomic mass is 32.2. The van der Waals surface area contributed by atoms with Crippen molar-refractivity contribution in [2.45, 2.75) is 25.9 Å². The van der Waals surface area contributed by atoms with Gasteiger partial charge in [0, 0.05) is 24.4 Å². The van der Waals surface area contributed by atoms with Crippen molar-refractivity contribution in [3.8, 4) is 0 Å². The fourth-order valence-electron chi connectivity index (χ4n) is 1.27. The van der Waals surface area contributed by atoms with Crippen molar-refractivity contribution in [3.05, 3.63) is 16.1 Å². The topological polar surface area (TPSA) is 91.3 Å². The van der Waals surface area contributed by atoms with Crippen molar-refractivity contribution in [1.82, 2.24) is 15.0 Å². The SMILES string of the molecule is C[SH+]NC(Cc1cnc(CNC(C)=O)s1)C(=O)O. The highest BCUT2D eigenvalue weighted by molar-refractivity contribution is 7.75. The third-order valence-electron chi connectivity index (χ3n) is 2.08. The van der Waals surface area contributed by atoms with Crippen LogP contribution >= 0.6 is 11.3 Å².